The molecule has 1 amide bonds. The van der Waals surface area contributed by atoms with Crippen LogP contribution in [0.2, 0.25) is 0 Å². The first-order chi connectivity index (χ1) is 12.1. The maximum atomic E-state index is 12.5. The van der Waals surface area contributed by atoms with Crippen LogP contribution in [0.25, 0.3) is 10.9 Å². The van der Waals surface area contributed by atoms with Gasteiger partial charge in [0.2, 0.25) is 5.91 Å². The molecular formula is C21H25N3O. The number of nitrogens with zero attached hydrogens (tertiary/aromatic N) is 2. The van der Waals surface area contributed by atoms with Crippen LogP contribution in [0.15, 0.2) is 66.9 Å². The minimum atomic E-state index is 0.00473. The Morgan fingerprint density at radius 2 is 1.76 bits per heavy atom. The van der Waals surface area contributed by atoms with Crippen LogP contribution in [0.4, 0.5) is 0 Å². The van der Waals surface area contributed by atoms with Gasteiger partial charge in [0.25, 0.3) is 0 Å². The predicted molar refractivity (Wildman–Crippen MR) is 102 cm³/mol. The van der Waals surface area contributed by atoms with Crippen molar-refractivity contribution in [2.24, 2.45) is 0 Å². The first-order valence-electron chi connectivity index (χ1n) is 8.66. The Labute approximate surface area is 149 Å². The molecule has 0 radical (unpaired) electrons. The third kappa shape index (κ3) is 4.48. The van der Waals surface area contributed by atoms with E-state index in [1.165, 1.54) is 10.9 Å². The maximum absolute atomic E-state index is 12.5. The van der Waals surface area contributed by atoms with E-state index in [9.17, 15) is 4.79 Å². The lowest BCUT2D eigenvalue weighted by molar-refractivity contribution is -0.122. The van der Waals surface area contributed by atoms with E-state index < -0.39 is 0 Å². The summed E-state index contributed by atoms with van der Waals surface area (Å²) in [5.74, 6) is 0.0773. The van der Waals surface area contributed by atoms with Crippen LogP contribution >= 0.6 is 0 Å². The number of hydrogen-bond donors (Lipinski definition) is 1. The van der Waals surface area contributed by atoms with Crippen LogP contribution in [-0.4, -0.2) is 36.0 Å². The highest BCUT2D eigenvalue weighted by Crippen LogP contribution is 2.16. The fourth-order valence-corrected chi connectivity index (χ4v) is 3.11. The van der Waals surface area contributed by atoms with Crippen LogP contribution in [0.3, 0.4) is 0 Å². The number of benzene rings is 2. The Balaban J connectivity index is 1.63. The summed E-state index contributed by atoms with van der Waals surface area (Å²) >= 11 is 0. The van der Waals surface area contributed by atoms with Gasteiger partial charge >= 0.3 is 0 Å². The molecule has 25 heavy (non-hydrogen) atoms. The van der Waals surface area contributed by atoms with Gasteiger partial charge in [-0.2, -0.15) is 0 Å². The van der Waals surface area contributed by atoms with Gasteiger partial charge in [0, 0.05) is 31.2 Å². The first kappa shape index (κ1) is 17.2. The van der Waals surface area contributed by atoms with Crippen LogP contribution < -0.4 is 5.32 Å². The van der Waals surface area contributed by atoms with Gasteiger partial charge < -0.3 is 14.8 Å². The van der Waals surface area contributed by atoms with Crippen molar-refractivity contribution in [2.75, 3.05) is 20.6 Å². The number of aryl methyl sites for hydroxylation is 1. The van der Waals surface area contributed by atoms with Gasteiger partial charge in [-0.3, -0.25) is 4.79 Å². The third-order valence-electron chi connectivity index (χ3n) is 4.34. The van der Waals surface area contributed by atoms with E-state index in [0.717, 1.165) is 12.1 Å². The van der Waals surface area contributed by atoms with Crippen molar-refractivity contribution in [1.82, 2.24) is 14.8 Å². The molecule has 0 aliphatic heterocycles. The lowest BCUT2D eigenvalue weighted by atomic mass is 10.1. The van der Waals surface area contributed by atoms with Crippen LogP contribution in [0, 0.1) is 0 Å². The summed E-state index contributed by atoms with van der Waals surface area (Å²) in [5, 5.41) is 4.39. The molecule has 1 heterocycles. The fourth-order valence-electron chi connectivity index (χ4n) is 3.11. The minimum absolute atomic E-state index is 0.00473. The van der Waals surface area contributed by atoms with Gasteiger partial charge in [-0.05, 0) is 37.2 Å². The summed E-state index contributed by atoms with van der Waals surface area (Å²) in [6, 6.07) is 20.5. The summed E-state index contributed by atoms with van der Waals surface area (Å²) in [6.45, 7) is 1.46. The topological polar surface area (TPSA) is 37.3 Å². The average Bonchev–Trinajstić information content (AvgIpc) is 3.03. The molecule has 1 N–H and O–H groups in total. The van der Waals surface area contributed by atoms with Crippen molar-refractivity contribution < 1.29 is 4.79 Å². The molecule has 4 nitrogen and oxygen atoms in total. The number of nitrogens with one attached hydrogen (secondary N) is 1. The number of carbonyl (C=O) groups excluding carboxylic acids is 1. The number of amides is 1. The van der Waals surface area contributed by atoms with E-state index in [1.807, 2.05) is 50.6 Å². The summed E-state index contributed by atoms with van der Waals surface area (Å²) in [4.78, 5) is 14.6. The van der Waals surface area contributed by atoms with Gasteiger partial charge in [0.05, 0.1) is 6.04 Å². The normalized spacial score (nSPS) is 12.4. The highest BCUT2D eigenvalue weighted by molar-refractivity contribution is 5.80. The van der Waals surface area contributed by atoms with E-state index in [1.54, 1.807) is 0 Å². The molecule has 0 spiro atoms. The van der Waals surface area contributed by atoms with Crippen molar-refractivity contribution >= 4 is 16.8 Å². The number of hydrogen-bond acceptors (Lipinski definition) is 2. The zero-order chi connectivity index (χ0) is 17.6. The molecule has 3 rings (SSSR count). The number of rotatable bonds is 7. The molecule has 4 heteroatoms. The van der Waals surface area contributed by atoms with E-state index in [2.05, 4.69) is 45.1 Å². The number of carbonyl (C=O) groups is 1. The van der Waals surface area contributed by atoms with Crippen molar-refractivity contribution in [2.45, 2.75) is 19.0 Å². The lowest BCUT2D eigenvalue weighted by Crippen LogP contribution is -2.35. The van der Waals surface area contributed by atoms with Crippen molar-refractivity contribution in [1.29, 1.82) is 0 Å². The average molecular weight is 335 g/mol. The summed E-state index contributed by atoms with van der Waals surface area (Å²) in [7, 11) is 4.04. The molecule has 0 aliphatic carbocycles. The standard InChI is InChI=1S/C21H25N3O/c1-23(2)16-19(17-8-4-3-5-9-17)22-21(25)13-15-24-14-12-18-10-6-7-11-20(18)24/h3-12,14,19H,13,15-16H2,1-2H3,(H,22,25). The Kier molecular flexibility index (Phi) is 5.51. The molecule has 2 aromatic carbocycles. The van der Waals surface area contributed by atoms with E-state index in [-0.39, 0.29) is 11.9 Å². The molecule has 1 atom stereocenters. The van der Waals surface area contributed by atoms with Crippen LogP contribution in [0.1, 0.15) is 18.0 Å². The van der Waals surface area contributed by atoms with Crippen LogP contribution in [0.5, 0.6) is 0 Å². The first-order valence-corrected chi connectivity index (χ1v) is 8.66. The maximum Gasteiger partial charge on any atom is 0.222 e. The zero-order valence-corrected chi connectivity index (χ0v) is 14.9. The number of fused-ring (bicyclic) bond motifs is 1. The molecule has 0 bridgehead atoms. The number of likely N-dealkylation sites (N-methyl/N-ethyl adjacent to an activating group) is 1. The largest absolute Gasteiger partial charge is 0.348 e. The van der Waals surface area contributed by atoms with Gasteiger partial charge in [-0.15, -0.1) is 0 Å². The smallest absolute Gasteiger partial charge is 0.222 e. The summed E-state index contributed by atoms with van der Waals surface area (Å²) in [5.41, 5.74) is 2.30. The SMILES string of the molecule is CN(C)CC(NC(=O)CCn1ccc2ccccc21)c1ccccc1. The Morgan fingerprint density at radius 3 is 2.52 bits per heavy atom. The Hall–Kier alpha value is -2.59. The van der Waals surface area contributed by atoms with E-state index >= 15 is 0 Å². The predicted octanol–water partition coefficient (Wildman–Crippen LogP) is 3.45. The molecule has 1 aromatic heterocycles. The zero-order valence-electron chi connectivity index (χ0n) is 14.9. The highest BCUT2D eigenvalue weighted by atomic mass is 16.1. The summed E-state index contributed by atoms with van der Waals surface area (Å²) < 4.78 is 2.14. The quantitative estimate of drug-likeness (QED) is 0.718. The van der Waals surface area contributed by atoms with E-state index in [0.29, 0.717) is 13.0 Å². The summed E-state index contributed by atoms with van der Waals surface area (Å²) in [6.07, 6.45) is 2.52. The molecule has 0 saturated carbocycles. The molecule has 0 aliphatic rings. The Bertz CT molecular complexity index is 823. The molecule has 1 unspecified atom stereocenters. The second-order valence-electron chi connectivity index (χ2n) is 6.61. The van der Waals surface area contributed by atoms with Gasteiger partial charge in [-0.1, -0.05) is 48.5 Å². The molecular weight excluding hydrogens is 310 g/mol. The van der Waals surface area contributed by atoms with Gasteiger partial charge in [0.15, 0.2) is 0 Å². The monoisotopic (exact) mass is 335 g/mol. The number of aromatic nitrogens is 1. The molecule has 130 valence electrons. The fraction of sp³-hybridized carbons (Fsp3) is 0.286. The van der Waals surface area contributed by atoms with Crippen LogP contribution in [-0.2, 0) is 11.3 Å². The Morgan fingerprint density at radius 1 is 1.04 bits per heavy atom. The van der Waals surface area contributed by atoms with E-state index in [4.69, 9.17) is 0 Å². The third-order valence-corrected chi connectivity index (χ3v) is 4.34. The van der Waals surface area contributed by atoms with Crippen molar-refractivity contribution in [3.8, 4) is 0 Å². The molecule has 3 aromatic rings. The molecule has 0 fully saturated rings. The van der Waals surface area contributed by atoms with Gasteiger partial charge in [0.1, 0.15) is 0 Å². The lowest BCUT2D eigenvalue weighted by Gasteiger charge is -2.23. The van der Waals surface area contributed by atoms with Crippen molar-refractivity contribution in [3.05, 3.63) is 72.4 Å². The second kappa shape index (κ2) is 7.99. The molecule has 0 saturated heterocycles. The van der Waals surface area contributed by atoms with Crippen molar-refractivity contribution in [3.63, 3.8) is 0 Å². The van der Waals surface area contributed by atoms with Gasteiger partial charge in [-0.25, -0.2) is 0 Å². The number of para-hydroxylation sites is 1. The second-order valence-corrected chi connectivity index (χ2v) is 6.61. The minimum Gasteiger partial charge on any atom is -0.348 e. The highest BCUT2D eigenvalue weighted by Gasteiger charge is 2.15.